The molecule has 1 aliphatic heterocycles. The zero-order valence-corrected chi connectivity index (χ0v) is 15.3. The molecule has 0 unspecified atom stereocenters. The fourth-order valence-corrected chi connectivity index (χ4v) is 2.85. The number of nitrogens with zero attached hydrogens (tertiary/aromatic N) is 2. The fourth-order valence-electron chi connectivity index (χ4n) is 2.85. The Morgan fingerprint density at radius 2 is 2.12 bits per heavy atom. The molecule has 26 heavy (non-hydrogen) atoms. The zero-order valence-electron chi connectivity index (χ0n) is 15.3. The number of nitro benzene ring substituents is 1. The van der Waals surface area contributed by atoms with Crippen molar-refractivity contribution in [1.29, 1.82) is 0 Å². The molecule has 2 atom stereocenters. The molecule has 0 aliphatic carbocycles. The van der Waals surface area contributed by atoms with Crippen LogP contribution in [0.25, 0.3) is 0 Å². The third-order valence-electron chi connectivity index (χ3n) is 3.81. The lowest BCUT2D eigenvalue weighted by Gasteiger charge is -2.28. The predicted molar refractivity (Wildman–Crippen MR) is 92.7 cm³/mol. The van der Waals surface area contributed by atoms with Gasteiger partial charge in [-0.1, -0.05) is 0 Å². The van der Waals surface area contributed by atoms with Crippen LogP contribution >= 0.6 is 0 Å². The lowest BCUT2D eigenvalue weighted by molar-refractivity contribution is -0.385. The third-order valence-corrected chi connectivity index (χ3v) is 3.81. The van der Waals surface area contributed by atoms with E-state index >= 15 is 0 Å². The quantitative estimate of drug-likeness (QED) is 0.633. The number of benzene rings is 1. The largest absolute Gasteiger partial charge is 0.488 e. The normalized spacial score (nSPS) is 20.1. The van der Waals surface area contributed by atoms with Crippen molar-refractivity contribution in [3.05, 3.63) is 34.1 Å². The topological polar surface area (TPSA) is 93.9 Å². The summed E-state index contributed by atoms with van der Waals surface area (Å²) in [6, 6.07) is 2.95. The Morgan fingerprint density at radius 1 is 1.42 bits per heavy atom. The second kappa shape index (κ2) is 7.86. The number of carbonyl (C=O) groups excluding carboxylic acids is 1. The number of halogens is 1. The minimum atomic E-state index is -0.747. The summed E-state index contributed by atoms with van der Waals surface area (Å²) in [6.07, 6.45) is -0.360. The lowest BCUT2D eigenvalue weighted by Crippen LogP contribution is -2.43. The number of carbonyl (C=O) groups is 1. The Hall–Kier alpha value is -2.42. The highest BCUT2D eigenvalue weighted by molar-refractivity contribution is 5.69. The van der Waals surface area contributed by atoms with Crippen molar-refractivity contribution in [2.75, 3.05) is 20.1 Å². The number of likely N-dealkylation sites (tertiary alicyclic amines) is 1. The lowest BCUT2D eigenvalue weighted by atomic mass is 10.2. The molecular weight excluding hydrogens is 345 g/mol. The van der Waals surface area contributed by atoms with Crippen LogP contribution in [0.1, 0.15) is 27.2 Å². The van der Waals surface area contributed by atoms with Gasteiger partial charge in [-0.05, 0) is 27.8 Å². The highest BCUT2D eigenvalue weighted by atomic mass is 19.1. The summed E-state index contributed by atoms with van der Waals surface area (Å²) in [5.74, 6) is -0.682. The smallest absolute Gasteiger partial charge is 0.410 e. The van der Waals surface area contributed by atoms with Crippen molar-refractivity contribution < 1.29 is 23.6 Å². The van der Waals surface area contributed by atoms with Crippen LogP contribution in [0.15, 0.2) is 18.2 Å². The molecule has 9 heteroatoms. The van der Waals surface area contributed by atoms with E-state index < -0.39 is 28.5 Å². The van der Waals surface area contributed by atoms with Gasteiger partial charge >= 0.3 is 6.09 Å². The molecule has 8 nitrogen and oxygen atoms in total. The average Bonchev–Trinajstić information content (AvgIpc) is 2.88. The molecule has 1 heterocycles. The van der Waals surface area contributed by atoms with Gasteiger partial charge in [-0.2, -0.15) is 0 Å². The van der Waals surface area contributed by atoms with Gasteiger partial charge in [0.05, 0.1) is 29.6 Å². The van der Waals surface area contributed by atoms with Gasteiger partial charge in [0.1, 0.15) is 23.3 Å². The summed E-state index contributed by atoms with van der Waals surface area (Å²) in [5.41, 5.74) is -1.00. The molecule has 1 fully saturated rings. The summed E-state index contributed by atoms with van der Waals surface area (Å²) < 4.78 is 24.7. The molecule has 0 saturated carbocycles. The van der Waals surface area contributed by atoms with Crippen molar-refractivity contribution in [2.24, 2.45) is 0 Å². The van der Waals surface area contributed by atoms with E-state index in [9.17, 15) is 19.3 Å². The van der Waals surface area contributed by atoms with E-state index in [2.05, 4.69) is 5.32 Å². The summed E-state index contributed by atoms with van der Waals surface area (Å²) in [6.45, 7) is 6.16. The van der Waals surface area contributed by atoms with Crippen LogP contribution in [0.4, 0.5) is 14.9 Å². The minimum absolute atomic E-state index is 0.0657. The third kappa shape index (κ3) is 5.29. The number of nitrogens with one attached hydrogen (secondary N) is 1. The highest BCUT2D eigenvalue weighted by Gasteiger charge is 2.38. The van der Waals surface area contributed by atoms with E-state index in [1.54, 1.807) is 32.7 Å². The van der Waals surface area contributed by atoms with Gasteiger partial charge in [0, 0.05) is 19.0 Å². The zero-order chi connectivity index (χ0) is 19.5. The number of non-ortho nitro benzene ring substituents is 1. The Labute approximate surface area is 151 Å². The summed E-state index contributed by atoms with van der Waals surface area (Å²) in [4.78, 5) is 24.2. The van der Waals surface area contributed by atoms with Gasteiger partial charge in [0.2, 0.25) is 0 Å². The maximum atomic E-state index is 13.6. The first-order valence-electron chi connectivity index (χ1n) is 8.35. The molecule has 1 aromatic rings. The van der Waals surface area contributed by atoms with Crippen LogP contribution in [-0.4, -0.2) is 53.8 Å². The number of hydrogen-bond acceptors (Lipinski definition) is 6. The Balaban J connectivity index is 2.12. The first kappa shape index (κ1) is 19.9. The van der Waals surface area contributed by atoms with Gasteiger partial charge in [-0.3, -0.25) is 10.1 Å². The molecule has 0 aromatic heterocycles. The fraction of sp³-hybridized carbons (Fsp3) is 0.588. The van der Waals surface area contributed by atoms with Crippen molar-refractivity contribution in [1.82, 2.24) is 10.2 Å². The monoisotopic (exact) mass is 369 g/mol. The van der Waals surface area contributed by atoms with Crippen LogP contribution < -0.4 is 10.1 Å². The molecule has 0 bridgehead atoms. The maximum Gasteiger partial charge on any atom is 0.410 e. The second-order valence-corrected chi connectivity index (χ2v) is 7.22. The molecule has 0 spiro atoms. The summed E-state index contributed by atoms with van der Waals surface area (Å²) in [5, 5.41) is 13.9. The number of rotatable bonds is 5. The van der Waals surface area contributed by atoms with E-state index in [-0.39, 0.29) is 24.0 Å². The van der Waals surface area contributed by atoms with E-state index in [0.717, 1.165) is 12.1 Å². The number of ether oxygens (including phenoxy) is 2. The van der Waals surface area contributed by atoms with Gasteiger partial charge in [0.25, 0.3) is 5.69 Å². The Morgan fingerprint density at radius 3 is 2.69 bits per heavy atom. The number of amides is 1. The van der Waals surface area contributed by atoms with Crippen molar-refractivity contribution in [3.8, 4) is 5.75 Å². The average molecular weight is 369 g/mol. The van der Waals surface area contributed by atoms with Crippen LogP contribution in [0, 0.1) is 15.9 Å². The number of likely N-dealkylation sites (N-methyl/N-ethyl adjacent to an activating group) is 1. The molecule has 2 rings (SSSR count). The van der Waals surface area contributed by atoms with Gasteiger partial charge in [-0.15, -0.1) is 0 Å². The molecule has 1 aromatic carbocycles. The molecule has 1 aliphatic rings. The van der Waals surface area contributed by atoms with Crippen molar-refractivity contribution in [3.63, 3.8) is 0 Å². The summed E-state index contributed by atoms with van der Waals surface area (Å²) in [7, 11) is 1.78. The van der Waals surface area contributed by atoms with Crippen molar-refractivity contribution in [2.45, 2.75) is 44.9 Å². The predicted octanol–water partition coefficient (Wildman–Crippen LogP) is 2.71. The summed E-state index contributed by atoms with van der Waals surface area (Å²) >= 11 is 0. The SMILES string of the molecule is CNC[C@@H]1C[C@@H](Oc2cc(F)cc([N+](=O)[O-])c2)CN1C(=O)OC(C)(C)C. The number of hydrogen-bond donors (Lipinski definition) is 1. The highest BCUT2D eigenvalue weighted by Crippen LogP contribution is 2.27. The molecule has 1 amide bonds. The molecule has 1 N–H and O–H groups in total. The maximum absolute atomic E-state index is 13.6. The van der Waals surface area contributed by atoms with Crippen LogP contribution in [-0.2, 0) is 4.74 Å². The van der Waals surface area contributed by atoms with Crippen molar-refractivity contribution >= 4 is 11.8 Å². The molecule has 1 saturated heterocycles. The Kier molecular flexibility index (Phi) is 6.01. The first-order chi connectivity index (χ1) is 12.1. The minimum Gasteiger partial charge on any atom is -0.488 e. The molecule has 0 radical (unpaired) electrons. The number of nitro groups is 1. The van der Waals surface area contributed by atoms with E-state index in [1.165, 1.54) is 6.07 Å². The van der Waals surface area contributed by atoms with Gasteiger partial charge in [-0.25, -0.2) is 9.18 Å². The van der Waals surface area contributed by atoms with Gasteiger partial charge < -0.3 is 19.7 Å². The first-order valence-corrected chi connectivity index (χ1v) is 8.35. The molecular formula is C17H24FN3O5. The van der Waals surface area contributed by atoms with Crippen LogP contribution in [0.5, 0.6) is 5.75 Å². The van der Waals surface area contributed by atoms with Crippen LogP contribution in [0.3, 0.4) is 0 Å². The van der Waals surface area contributed by atoms with E-state index in [1.807, 2.05) is 0 Å². The van der Waals surface area contributed by atoms with E-state index in [4.69, 9.17) is 9.47 Å². The van der Waals surface area contributed by atoms with Crippen LogP contribution in [0.2, 0.25) is 0 Å². The van der Waals surface area contributed by atoms with E-state index in [0.29, 0.717) is 13.0 Å². The van der Waals surface area contributed by atoms with Gasteiger partial charge in [0.15, 0.2) is 0 Å². The standard InChI is InChI=1S/C17H24FN3O5/c1-17(2,3)26-16(22)20-10-15(8-13(20)9-19-4)25-14-6-11(18)5-12(7-14)21(23)24/h5-7,13,15,19H,8-10H2,1-4H3/t13-,15+/m0/s1. The Bertz CT molecular complexity index is 677. The second-order valence-electron chi connectivity index (χ2n) is 7.22. The molecule has 144 valence electrons.